The first kappa shape index (κ1) is 12.7. The maximum absolute atomic E-state index is 11.6. The number of hydrogen-bond donors (Lipinski definition) is 1. The number of amidine groups is 1. The van der Waals surface area contributed by atoms with Crippen molar-refractivity contribution in [3.05, 3.63) is 35.9 Å². The van der Waals surface area contributed by atoms with Crippen molar-refractivity contribution in [2.45, 2.75) is 11.3 Å². The van der Waals surface area contributed by atoms with Gasteiger partial charge in [0, 0.05) is 0 Å². The van der Waals surface area contributed by atoms with E-state index in [1.54, 1.807) is 10.9 Å². The minimum absolute atomic E-state index is 0.0120. The molecule has 0 aliphatic carbocycles. The SMILES string of the molecule is NC1=[N+](N=Cc2ccccc2)C2CS(=O)(=O)CC2S1. The lowest BCUT2D eigenvalue weighted by Gasteiger charge is -2.03. The monoisotopic (exact) mass is 296 g/mol. The van der Waals surface area contributed by atoms with E-state index in [-0.39, 0.29) is 22.8 Å². The Morgan fingerprint density at radius 1 is 1.32 bits per heavy atom. The van der Waals surface area contributed by atoms with Crippen LogP contribution in [0.1, 0.15) is 5.56 Å². The van der Waals surface area contributed by atoms with E-state index < -0.39 is 9.84 Å². The van der Waals surface area contributed by atoms with Gasteiger partial charge in [-0.25, -0.2) is 8.42 Å². The van der Waals surface area contributed by atoms with Gasteiger partial charge >= 0.3 is 5.17 Å². The molecule has 1 aromatic carbocycles. The van der Waals surface area contributed by atoms with Crippen molar-refractivity contribution in [1.82, 2.24) is 0 Å². The normalized spacial score (nSPS) is 29.1. The zero-order valence-electron chi connectivity index (χ0n) is 10.1. The first-order chi connectivity index (χ1) is 9.05. The zero-order valence-corrected chi connectivity index (χ0v) is 11.8. The molecule has 0 radical (unpaired) electrons. The summed E-state index contributed by atoms with van der Waals surface area (Å²) >= 11 is 1.41. The average Bonchev–Trinajstić information content (AvgIpc) is 2.79. The van der Waals surface area contributed by atoms with Gasteiger partial charge in [-0.05, 0) is 17.3 Å². The molecule has 0 amide bonds. The molecular formula is C12H14N3O2S2+. The quantitative estimate of drug-likeness (QED) is 0.627. The third-order valence-corrected chi connectivity index (χ3v) is 6.35. The second kappa shape index (κ2) is 4.64. The van der Waals surface area contributed by atoms with Gasteiger partial charge in [0.05, 0.1) is 23.0 Å². The number of sulfone groups is 1. The number of rotatable bonds is 2. The lowest BCUT2D eigenvalue weighted by atomic mass is 10.2. The number of nitrogens with two attached hydrogens (primary N) is 1. The summed E-state index contributed by atoms with van der Waals surface area (Å²) in [5.41, 5.74) is 6.88. The molecule has 0 spiro atoms. The molecule has 0 saturated carbocycles. The number of nitrogens with zero attached hydrogens (tertiary/aromatic N) is 2. The molecular weight excluding hydrogens is 282 g/mol. The number of fused-ring (bicyclic) bond motifs is 1. The summed E-state index contributed by atoms with van der Waals surface area (Å²) < 4.78 is 24.9. The van der Waals surface area contributed by atoms with Crippen molar-refractivity contribution >= 4 is 33.0 Å². The summed E-state index contributed by atoms with van der Waals surface area (Å²) in [7, 11) is -2.95. The summed E-state index contributed by atoms with van der Waals surface area (Å²) in [5.74, 6) is 0.331. The van der Waals surface area contributed by atoms with E-state index >= 15 is 0 Å². The molecule has 100 valence electrons. The van der Waals surface area contributed by atoms with Gasteiger partial charge in [-0.3, -0.25) is 5.73 Å². The van der Waals surface area contributed by atoms with Gasteiger partial charge in [0.15, 0.2) is 15.9 Å². The summed E-state index contributed by atoms with van der Waals surface area (Å²) in [5, 5.41) is 4.94. The maximum atomic E-state index is 11.6. The second-order valence-electron chi connectivity index (χ2n) is 4.64. The number of thioether (sulfide) groups is 1. The van der Waals surface area contributed by atoms with Crippen LogP contribution in [0.2, 0.25) is 0 Å². The van der Waals surface area contributed by atoms with E-state index in [1.807, 2.05) is 30.3 Å². The summed E-state index contributed by atoms with van der Waals surface area (Å²) in [6, 6.07) is 9.53. The summed E-state index contributed by atoms with van der Waals surface area (Å²) in [6.45, 7) is 0. The Labute approximate surface area is 116 Å². The first-order valence-corrected chi connectivity index (χ1v) is 8.63. The van der Waals surface area contributed by atoms with E-state index in [0.29, 0.717) is 5.17 Å². The van der Waals surface area contributed by atoms with Crippen molar-refractivity contribution in [1.29, 1.82) is 0 Å². The van der Waals surface area contributed by atoms with Crippen LogP contribution in [-0.4, -0.2) is 47.3 Å². The van der Waals surface area contributed by atoms with Crippen molar-refractivity contribution < 1.29 is 13.1 Å². The number of benzene rings is 1. The molecule has 2 heterocycles. The van der Waals surface area contributed by atoms with Gasteiger partial charge in [0.25, 0.3) is 0 Å². The third kappa shape index (κ3) is 2.52. The van der Waals surface area contributed by atoms with E-state index in [1.165, 1.54) is 11.8 Å². The van der Waals surface area contributed by atoms with Gasteiger partial charge in [-0.15, -0.1) is 4.68 Å². The van der Waals surface area contributed by atoms with Crippen LogP contribution >= 0.6 is 11.8 Å². The molecule has 1 saturated heterocycles. The van der Waals surface area contributed by atoms with Crippen LogP contribution in [0.25, 0.3) is 0 Å². The molecule has 2 atom stereocenters. The van der Waals surface area contributed by atoms with E-state index in [4.69, 9.17) is 5.73 Å². The first-order valence-electron chi connectivity index (χ1n) is 5.93. The van der Waals surface area contributed by atoms with Crippen LogP contribution in [0.3, 0.4) is 0 Å². The lowest BCUT2D eigenvalue weighted by Crippen LogP contribution is -2.29. The molecule has 3 rings (SSSR count). The third-order valence-electron chi connectivity index (χ3n) is 3.21. The fourth-order valence-corrected chi connectivity index (χ4v) is 6.06. The Morgan fingerprint density at radius 3 is 2.79 bits per heavy atom. The highest BCUT2D eigenvalue weighted by atomic mass is 32.2. The number of hydrogen-bond acceptors (Lipinski definition) is 5. The van der Waals surface area contributed by atoms with Crippen LogP contribution in [0, 0.1) is 0 Å². The largest absolute Gasteiger partial charge is 0.330 e. The molecule has 5 nitrogen and oxygen atoms in total. The molecule has 0 bridgehead atoms. The molecule has 0 aromatic heterocycles. The molecule has 7 heteroatoms. The van der Waals surface area contributed by atoms with Crippen LogP contribution in [0.5, 0.6) is 0 Å². The van der Waals surface area contributed by atoms with Crippen LogP contribution in [-0.2, 0) is 9.84 Å². The second-order valence-corrected chi connectivity index (χ2v) is 8.05. The fraction of sp³-hybridized carbons (Fsp3) is 0.333. The maximum Gasteiger partial charge on any atom is 0.330 e. The Bertz CT molecular complexity index is 653. The zero-order chi connectivity index (χ0) is 13.5. The van der Waals surface area contributed by atoms with Gasteiger partial charge < -0.3 is 0 Å². The summed E-state index contributed by atoms with van der Waals surface area (Å²) in [6.07, 6.45) is 1.71. The molecule has 1 fully saturated rings. The van der Waals surface area contributed by atoms with E-state index in [9.17, 15) is 8.42 Å². The fourth-order valence-electron chi connectivity index (χ4n) is 2.32. The van der Waals surface area contributed by atoms with Crippen molar-refractivity contribution in [3.8, 4) is 0 Å². The predicted octanol–water partition coefficient (Wildman–Crippen LogP) is 0.260. The molecule has 2 N–H and O–H groups in total. The van der Waals surface area contributed by atoms with Crippen molar-refractivity contribution in [2.24, 2.45) is 10.8 Å². The van der Waals surface area contributed by atoms with E-state index in [0.717, 1.165) is 5.56 Å². The van der Waals surface area contributed by atoms with Gasteiger partial charge in [-0.2, -0.15) is 0 Å². The number of hydrazone groups is 1. The van der Waals surface area contributed by atoms with Gasteiger partial charge in [-0.1, -0.05) is 35.4 Å². The van der Waals surface area contributed by atoms with Gasteiger partial charge in [0.1, 0.15) is 0 Å². The Morgan fingerprint density at radius 2 is 2.05 bits per heavy atom. The van der Waals surface area contributed by atoms with Crippen LogP contribution < -0.4 is 5.73 Å². The summed E-state index contributed by atoms with van der Waals surface area (Å²) in [4.78, 5) is 0. The van der Waals surface area contributed by atoms with E-state index in [2.05, 4.69) is 5.10 Å². The Kier molecular flexibility index (Phi) is 3.10. The highest BCUT2D eigenvalue weighted by Crippen LogP contribution is 2.32. The van der Waals surface area contributed by atoms with Gasteiger partial charge in [0.2, 0.25) is 0 Å². The molecule has 19 heavy (non-hydrogen) atoms. The minimum atomic E-state index is -2.95. The standard InChI is InChI=1S/C12H13N3O2S2/c13-12-15(14-6-9-4-2-1-3-5-9)10-7-19(16,17)8-11(10)18-12/h1-6,10-11,13H,7-8H2/p+1. The molecule has 2 aliphatic rings. The predicted molar refractivity (Wildman–Crippen MR) is 77.3 cm³/mol. The van der Waals surface area contributed by atoms with Crippen molar-refractivity contribution in [2.75, 3.05) is 11.5 Å². The van der Waals surface area contributed by atoms with Crippen LogP contribution in [0.15, 0.2) is 35.4 Å². The molecule has 1 aromatic rings. The molecule has 2 unspecified atom stereocenters. The lowest BCUT2D eigenvalue weighted by molar-refractivity contribution is -0.558. The molecule has 2 aliphatic heterocycles. The topological polar surface area (TPSA) is 75.5 Å². The minimum Gasteiger partial charge on any atom is -0.279 e. The van der Waals surface area contributed by atoms with Crippen molar-refractivity contribution in [3.63, 3.8) is 0 Å². The highest BCUT2D eigenvalue weighted by Gasteiger charge is 2.49. The van der Waals surface area contributed by atoms with Crippen LogP contribution in [0.4, 0.5) is 0 Å². The highest BCUT2D eigenvalue weighted by molar-refractivity contribution is 8.15. The smallest absolute Gasteiger partial charge is 0.279 e. The Balaban J connectivity index is 1.85. The average molecular weight is 296 g/mol. The Hall–Kier alpha value is -1.34.